The van der Waals surface area contributed by atoms with E-state index in [1.807, 2.05) is 0 Å². The van der Waals surface area contributed by atoms with Crippen LogP contribution in [0.5, 0.6) is 5.75 Å². The Morgan fingerprint density at radius 3 is 2.38 bits per heavy atom. The molecular formula is C7H7IMgO3S. The molecule has 0 N–H and O–H groups in total. The second-order valence-electron chi connectivity index (χ2n) is 2.01. The van der Waals surface area contributed by atoms with Crippen LogP contribution in [0.1, 0.15) is 0 Å². The molecule has 0 saturated heterocycles. The first-order chi connectivity index (χ1) is 5.08. The van der Waals surface area contributed by atoms with Crippen molar-refractivity contribution in [3.05, 3.63) is 30.3 Å². The van der Waals surface area contributed by atoms with E-state index in [1.165, 1.54) is 6.07 Å². The fraction of sp³-hybridized carbons (Fsp3) is 0.143. The van der Waals surface area contributed by atoms with E-state index in [2.05, 4.69) is 10.2 Å². The average molecular weight is 322 g/mol. The molecule has 0 aliphatic carbocycles. The van der Waals surface area contributed by atoms with Gasteiger partial charge in [-0.3, -0.25) is 0 Å². The smallest absolute Gasteiger partial charge is 1.00 e. The molecule has 0 aliphatic rings. The quantitative estimate of drug-likeness (QED) is 0.261. The third kappa shape index (κ3) is 7.53. The van der Waals surface area contributed by atoms with Crippen molar-refractivity contribution in [2.24, 2.45) is 0 Å². The maximum Gasteiger partial charge on any atom is 2.00 e. The van der Waals surface area contributed by atoms with E-state index >= 15 is 0 Å². The largest absolute Gasteiger partial charge is 2.00 e. The fourth-order valence-electron chi connectivity index (χ4n) is 0.592. The number of halogens is 1. The maximum atomic E-state index is 10.6. The molecule has 6 heteroatoms. The zero-order valence-electron chi connectivity index (χ0n) is 7.03. The van der Waals surface area contributed by atoms with Crippen molar-refractivity contribution < 1.29 is 36.6 Å². The van der Waals surface area contributed by atoms with Gasteiger partial charge in [-0.05, 0) is 0 Å². The van der Waals surface area contributed by atoms with Gasteiger partial charge in [-0.1, -0.05) is 0 Å². The molecule has 3 nitrogen and oxygen atoms in total. The van der Waals surface area contributed by atoms with Crippen LogP contribution in [-0.4, -0.2) is 37.7 Å². The third-order valence-electron chi connectivity index (χ3n) is 0.922. The first-order valence-corrected chi connectivity index (χ1v) is 4.76. The van der Waals surface area contributed by atoms with E-state index in [4.69, 9.17) is 0 Å². The number of benzene rings is 1. The van der Waals surface area contributed by atoms with E-state index in [9.17, 15) is 8.42 Å². The predicted molar refractivity (Wildman–Crippen MR) is 46.5 cm³/mol. The van der Waals surface area contributed by atoms with E-state index in [1.54, 1.807) is 18.2 Å². The Labute approximate surface area is 111 Å². The number of hydrogen-bond donors (Lipinski definition) is 0. The molecule has 68 valence electrons. The van der Waals surface area contributed by atoms with Gasteiger partial charge in [0.05, 0.1) is 6.26 Å². The van der Waals surface area contributed by atoms with Gasteiger partial charge in [-0.25, -0.2) is 0 Å². The van der Waals surface area contributed by atoms with Gasteiger partial charge >= 0.3 is 33.2 Å². The zero-order chi connectivity index (χ0) is 8.32. The molecule has 1 rings (SSSR count). The van der Waals surface area contributed by atoms with Gasteiger partial charge in [0, 0.05) is 5.75 Å². The molecule has 0 heterocycles. The molecule has 13 heavy (non-hydrogen) atoms. The minimum absolute atomic E-state index is 0. The van der Waals surface area contributed by atoms with Crippen molar-refractivity contribution in [2.75, 3.05) is 6.26 Å². The minimum Gasteiger partial charge on any atom is -1.00 e. The summed E-state index contributed by atoms with van der Waals surface area (Å²) in [4.78, 5) is 0. The number of rotatable bonds is 2. The van der Waals surface area contributed by atoms with Crippen molar-refractivity contribution >= 4 is 33.2 Å². The summed E-state index contributed by atoms with van der Waals surface area (Å²) in [7, 11) is -3.41. The Morgan fingerprint density at radius 2 is 2.00 bits per heavy atom. The van der Waals surface area contributed by atoms with Crippen LogP contribution in [-0.2, 0) is 10.1 Å². The second-order valence-corrected chi connectivity index (χ2v) is 3.59. The molecule has 0 amide bonds. The van der Waals surface area contributed by atoms with Crippen LogP contribution in [0.15, 0.2) is 24.3 Å². The van der Waals surface area contributed by atoms with Gasteiger partial charge in [-0.2, -0.15) is 26.6 Å². The van der Waals surface area contributed by atoms with Gasteiger partial charge in [0.2, 0.25) is 0 Å². The van der Waals surface area contributed by atoms with Crippen LogP contribution in [0.25, 0.3) is 0 Å². The SMILES string of the molecule is CS(=O)(=O)Oc1[c-]cccc1.[I-].[Mg+2]. The number of para-hydroxylation sites is 1. The summed E-state index contributed by atoms with van der Waals surface area (Å²) in [6.07, 6.45) is 0.994. The standard InChI is InChI=1S/C7H7O3S.HI.Mg/c1-11(8,9)10-7-5-3-2-4-6-7;;/h2-5H,1H3;1H;/q-1;;+2/p-1. The van der Waals surface area contributed by atoms with Crippen LogP contribution in [0.3, 0.4) is 0 Å². The van der Waals surface area contributed by atoms with Gasteiger partial charge in [0.15, 0.2) is 0 Å². The van der Waals surface area contributed by atoms with Gasteiger partial charge in [-0.15, -0.1) is 12.1 Å². The maximum absolute atomic E-state index is 10.6. The molecule has 1 aromatic rings. The monoisotopic (exact) mass is 322 g/mol. The van der Waals surface area contributed by atoms with E-state index in [0.717, 1.165) is 6.26 Å². The Hall–Kier alpha value is 0.466. The summed E-state index contributed by atoms with van der Waals surface area (Å²) in [6, 6.07) is 9.15. The zero-order valence-corrected chi connectivity index (χ0v) is 11.4. The summed E-state index contributed by atoms with van der Waals surface area (Å²) in [5.74, 6) is 0.218. The fourth-order valence-corrected chi connectivity index (χ4v) is 1.02. The Balaban J connectivity index is 0. The van der Waals surface area contributed by atoms with Gasteiger partial charge in [0.25, 0.3) is 0 Å². The summed E-state index contributed by atoms with van der Waals surface area (Å²) in [5.41, 5.74) is 0. The molecule has 0 radical (unpaired) electrons. The van der Waals surface area contributed by atoms with Crippen LogP contribution >= 0.6 is 0 Å². The molecule has 0 bridgehead atoms. The van der Waals surface area contributed by atoms with Crippen molar-refractivity contribution in [1.29, 1.82) is 0 Å². The summed E-state index contributed by atoms with van der Waals surface area (Å²) in [6.45, 7) is 0. The Bertz CT molecular complexity index is 325. The topological polar surface area (TPSA) is 43.4 Å². The Kier molecular flexibility index (Phi) is 8.39. The second kappa shape index (κ2) is 6.85. The third-order valence-corrected chi connectivity index (χ3v) is 1.40. The average Bonchev–Trinajstić information content (AvgIpc) is 1.85. The van der Waals surface area contributed by atoms with Crippen LogP contribution < -0.4 is 28.2 Å². The minimum atomic E-state index is -3.41. The summed E-state index contributed by atoms with van der Waals surface area (Å²) < 4.78 is 25.6. The van der Waals surface area contributed by atoms with Crippen LogP contribution in [0.4, 0.5) is 0 Å². The molecular weight excluding hydrogens is 315 g/mol. The molecule has 0 aliphatic heterocycles. The summed E-state index contributed by atoms with van der Waals surface area (Å²) in [5, 5.41) is 0. The molecule has 1 aromatic carbocycles. The summed E-state index contributed by atoms with van der Waals surface area (Å²) >= 11 is 0. The van der Waals surface area contributed by atoms with E-state index < -0.39 is 10.1 Å². The van der Waals surface area contributed by atoms with Gasteiger partial charge in [0.1, 0.15) is 0 Å². The molecule has 0 unspecified atom stereocenters. The first-order valence-electron chi connectivity index (χ1n) is 2.94. The van der Waals surface area contributed by atoms with Crippen LogP contribution in [0, 0.1) is 6.07 Å². The van der Waals surface area contributed by atoms with E-state index in [-0.39, 0.29) is 52.8 Å². The van der Waals surface area contributed by atoms with Crippen molar-refractivity contribution in [1.82, 2.24) is 0 Å². The van der Waals surface area contributed by atoms with Crippen LogP contribution in [0.2, 0.25) is 0 Å². The molecule has 0 spiro atoms. The predicted octanol–water partition coefficient (Wildman–Crippen LogP) is -2.55. The number of hydrogen-bond acceptors (Lipinski definition) is 3. The van der Waals surface area contributed by atoms with Crippen molar-refractivity contribution in [3.63, 3.8) is 0 Å². The molecule has 0 aromatic heterocycles. The van der Waals surface area contributed by atoms with E-state index in [0.29, 0.717) is 0 Å². The normalized spacial score (nSPS) is 9.31. The molecule has 0 atom stereocenters. The Morgan fingerprint density at radius 1 is 1.38 bits per heavy atom. The van der Waals surface area contributed by atoms with Crippen molar-refractivity contribution in [3.8, 4) is 5.75 Å². The van der Waals surface area contributed by atoms with Crippen molar-refractivity contribution in [2.45, 2.75) is 0 Å². The first kappa shape index (κ1) is 15.9. The van der Waals surface area contributed by atoms with Gasteiger partial charge < -0.3 is 28.2 Å². The molecule has 0 fully saturated rings. The molecule has 0 saturated carbocycles.